The van der Waals surface area contributed by atoms with E-state index in [9.17, 15) is 14.0 Å². The first-order chi connectivity index (χ1) is 13.4. The minimum Gasteiger partial charge on any atom is -0.444 e. The molecule has 0 bridgehead atoms. The fraction of sp³-hybridized carbons (Fsp3) is 0.619. The molecule has 0 aliphatic carbocycles. The molecule has 2 rings (SSSR count). The standard InChI is InChI=1S/C21H31ClFN3O3/c1-20(2,3)29-19(28)25-21(4,5)18(27)24-13-16(26-11-6-7-12-26)17-14(22)9-8-10-15(17)23/h8-10,16H,6-7,11-13H2,1-5H3,(H,24,27)(H,25,28). The predicted octanol–water partition coefficient (Wildman–Crippen LogP) is 4.04. The van der Waals surface area contributed by atoms with Gasteiger partial charge in [-0.2, -0.15) is 0 Å². The molecule has 0 saturated carbocycles. The third kappa shape index (κ3) is 6.57. The van der Waals surface area contributed by atoms with Gasteiger partial charge in [-0.3, -0.25) is 9.69 Å². The van der Waals surface area contributed by atoms with Crippen LogP contribution in [-0.4, -0.2) is 47.7 Å². The van der Waals surface area contributed by atoms with Crippen LogP contribution in [0.2, 0.25) is 5.02 Å². The predicted molar refractivity (Wildman–Crippen MR) is 111 cm³/mol. The molecule has 0 spiro atoms. The fourth-order valence-corrected chi connectivity index (χ4v) is 3.61. The van der Waals surface area contributed by atoms with Crippen molar-refractivity contribution >= 4 is 23.6 Å². The van der Waals surface area contributed by atoms with E-state index in [2.05, 4.69) is 15.5 Å². The molecule has 1 unspecified atom stereocenters. The Morgan fingerprint density at radius 1 is 1.21 bits per heavy atom. The third-order valence-corrected chi connectivity index (χ3v) is 5.08. The summed E-state index contributed by atoms with van der Waals surface area (Å²) in [6, 6.07) is 4.21. The van der Waals surface area contributed by atoms with E-state index in [4.69, 9.17) is 16.3 Å². The van der Waals surface area contributed by atoms with Crippen molar-refractivity contribution in [2.75, 3.05) is 19.6 Å². The molecule has 1 aliphatic heterocycles. The maximum absolute atomic E-state index is 14.5. The largest absolute Gasteiger partial charge is 0.444 e. The van der Waals surface area contributed by atoms with Crippen LogP contribution in [0, 0.1) is 5.82 Å². The Hall–Kier alpha value is -1.86. The zero-order valence-corrected chi connectivity index (χ0v) is 18.5. The maximum Gasteiger partial charge on any atom is 0.408 e. The SMILES string of the molecule is CC(C)(C)OC(=O)NC(C)(C)C(=O)NCC(c1c(F)cccc1Cl)N1CCCC1. The Morgan fingerprint density at radius 3 is 2.38 bits per heavy atom. The molecule has 1 aromatic rings. The number of amides is 2. The summed E-state index contributed by atoms with van der Waals surface area (Å²) in [7, 11) is 0. The smallest absolute Gasteiger partial charge is 0.408 e. The topological polar surface area (TPSA) is 70.7 Å². The average molecular weight is 428 g/mol. The molecule has 1 aliphatic rings. The van der Waals surface area contributed by atoms with Gasteiger partial charge in [0.25, 0.3) is 0 Å². The van der Waals surface area contributed by atoms with Gasteiger partial charge in [0.2, 0.25) is 5.91 Å². The molecule has 1 heterocycles. The van der Waals surface area contributed by atoms with E-state index < -0.39 is 23.1 Å². The number of carbonyl (C=O) groups is 2. The van der Waals surface area contributed by atoms with Crippen molar-refractivity contribution in [1.82, 2.24) is 15.5 Å². The number of rotatable bonds is 6. The first kappa shape index (κ1) is 23.4. The number of carbonyl (C=O) groups excluding carboxylic acids is 2. The Balaban J connectivity index is 2.10. The molecular formula is C21H31ClFN3O3. The van der Waals surface area contributed by atoms with Crippen LogP contribution in [-0.2, 0) is 9.53 Å². The zero-order valence-electron chi connectivity index (χ0n) is 17.8. The molecule has 1 atom stereocenters. The number of halogens is 2. The quantitative estimate of drug-likeness (QED) is 0.718. The van der Waals surface area contributed by atoms with Crippen LogP contribution in [0.25, 0.3) is 0 Å². The summed E-state index contributed by atoms with van der Waals surface area (Å²) in [5.41, 5.74) is -1.48. The molecule has 29 heavy (non-hydrogen) atoms. The van der Waals surface area contributed by atoms with Gasteiger partial charge in [-0.05, 0) is 72.7 Å². The summed E-state index contributed by atoms with van der Waals surface area (Å²) >= 11 is 6.29. The first-order valence-electron chi connectivity index (χ1n) is 9.88. The third-order valence-electron chi connectivity index (χ3n) is 4.75. The highest BCUT2D eigenvalue weighted by atomic mass is 35.5. The Bertz CT molecular complexity index is 723. The van der Waals surface area contributed by atoms with E-state index in [-0.39, 0.29) is 18.5 Å². The molecule has 2 N–H and O–H groups in total. The van der Waals surface area contributed by atoms with Crippen LogP contribution in [0.3, 0.4) is 0 Å². The molecule has 2 amide bonds. The van der Waals surface area contributed by atoms with Crippen molar-refractivity contribution in [1.29, 1.82) is 0 Å². The average Bonchev–Trinajstić information content (AvgIpc) is 3.08. The van der Waals surface area contributed by atoms with E-state index in [1.807, 2.05) is 0 Å². The second-order valence-corrected chi connectivity index (χ2v) is 9.26. The fourth-order valence-electron chi connectivity index (χ4n) is 3.32. The first-order valence-corrected chi connectivity index (χ1v) is 10.3. The van der Waals surface area contributed by atoms with E-state index >= 15 is 0 Å². The number of alkyl carbamates (subject to hydrolysis) is 1. The Kier molecular flexibility index (Phi) is 7.51. The molecule has 162 valence electrons. The molecule has 8 heteroatoms. The van der Waals surface area contributed by atoms with E-state index in [1.165, 1.54) is 6.07 Å². The highest BCUT2D eigenvalue weighted by Crippen LogP contribution is 2.32. The van der Waals surface area contributed by atoms with Gasteiger partial charge in [0.05, 0.1) is 6.04 Å². The molecule has 0 aromatic heterocycles. The van der Waals surface area contributed by atoms with Crippen LogP contribution in [0.1, 0.15) is 59.1 Å². The lowest BCUT2D eigenvalue weighted by Crippen LogP contribution is -2.56. The minimum absolute atomic E-state index is 0.179. The molecule has 1 saturated heterocycles. The van der Waals surface area contributed by atoms with Crippen molar-refractivity contribution in [2.45, 2.75) is 64.6 Å². The van der Waals surface area contributed by atoms with Crippen LogP contribution >= 0.6 is 11.6 Å². The van der Waals surface area contributed by atoms with Crippen molar-refractivity contribution in [3.05, 3.63) is 34.6 Å². The monoisotopic (exact) mass is 427 g/mol. The van der Waals surface area contributed by atoms with Crippen LogP contribution in [0.4, 0.5) is 9.18 Å². The van der Waals surface area contributed by atoms with Gasteiger partial charge < -0.3 is 15.4 Å². The lowest BCUT2D eigenvalue weighted by molar-refractivity contribution is -0.126. The lowest BCUT2D eigenvalue weighted by atomic mass is 10.0. The Morgan fingerprint density at radius 2 is 1.83 bits per heavy atom. The summed E-state index contributed by atoms with van der Waals surface area (Å²) in [6.45, 7) is 10.2. The second-order valence-electron chi connectivity index (χ2n) is 8.86. The van der Waals surface area contributed by atoms with E-state index in [0.717, 1.165) is 25.9 Å². The highest BCUT2D eigenvalue weighted by molar-refractivity contribution is 6.31. The van der Waals surface area contributed by atoms with Crippen molar-refractivity contribution in [2.24, 2.45) is 0 Å². The maximum atomic E-state index is 14.5. The number of hydrogen-bond acceptors (Lipinski definition) is 4. The number of ether oxygens (including phenoxy) is 1. The minimum atomic E-state index is -1.20. The van der Waals surface area contributed by atoms with Gasteiger partial charge in [-0.15, -0.1) is 0 Å². The van der Waals surface area contributed by atoms with Gasteiger partial charge in [-0.25, -0.2) is 9.18 Å². The van der Waals surface area contributed by atoms with Crippen LogP contribution < -0.4 is 10.6 Å². The number of nitrogens with one attached hydrogen (secondary N) is 2. The van der Waals surface area contributed by atoms with Crippen molar-refractivity contribution in [3.63, 3.8) is 0 Å². The van der Waals surface area contributed by atoms with Gasteiger partial charge in [0, 0.05) is 17.1 Å². The lowest BCUT2D eigenvalue weighted by Gasteiger charge is -2.31. The Labute approximate surface area is 177 Å². The second kappa shape index (κ2) is 9.30. The summed E-state index contributed by atoms with van der Waals surface area (Å²) in [6.07, 6.45) is 1.36. The molecule has 1 aromatic carbocycles. The van der Waals surface area contributed by atoms with Gasteiger partial charge in [-0.1, -0.05) is 17.7 Å². The van der Waals surface area contributed by atoms with Crippen molar-refractivity contribution in [3.8, 4) is 0 Å². The van der Waals surface area contributed by atoms with Gasteiger partial charge >= 0.3 is 6.09 Å². The summed E-state index contributed by atoms with van der Waals surface area (Å²) < 4.78 is 19.8. The number of hydrogen-bond donors (Lipinski definition) is 2. The number of nitrogens with zero attached hydrogens (tertiary/aromatic N) is 1. The number of likely N-dealkylation sites (tertiary alicyclic amines) is 1. The summed E-state index contributed by atoms with van der Waals surface area (Å²) in [4.78, 5) is 26.9. The molecule has 1 fully saturated rings. The summed E-state index contributed by atoms with van der Waals surface area (Å²) in [5, 5.41) is 5.76. The number of benzene rings is 1. The van der Waals surface area contributed by atoms with E-state index in [0.29, 0.717) is 10.6 Å². The highest BCUT2D eigenvalue weighted by Gasteiger charge is 2.34. The van der Waals surface area contributed by atoms with Gasteiger partial charge in [0.15, 0.2) is 0 Å². The molecule has 6 nitrogen and oxygen atoms in total. The molecular weight excluding hydrogens is 397 g/mol. The normalized spacial score (nSPS) is 16.4. The van der Waals surface area contributed by atoms with Crippen LogP contribution in [0.5, 0.6) is 0 Å². The van der Waals surface area contributed by atoms with Crippen LogP contribution in [0.15, 0.2) is 18.2 Å². The zero-order chi connectivity index (χ0) is 21.8. The molecule has 0 radical (unpaired) electrons. The van der Waals surface area contributed by atoms with Crippen molar-refractivity contribution < 1.29 is 18.7 Å². The summed E-state index contributed by atoms with van der Waals surface area (Å²) in [5.74, 6) is -0.783. The van der Waals surface area contributed by atoms with E-state index in [1.54, 1.807) is 46.8 Å². The van der Waals surface area contributed by atoms with Gasteiger partial charge in [0.1, 0.15) is 17.0 Å².